The van der Waals surface area contributed by atoms with E-state index < -0.39 is 10.9 Å². The van der Waals surface area contributed by atoms with Crippen LogP contribution < -0.4 is 0 Å². The van der Waals surface area contributed by atoms with E-state index in [-0.39, 0.29) is 17.2 Å². The van der Waals surface area contributed by atoms with Crippen molar-refractivity contribution < 1.29 is 14.8 Å². The number of hydrogen-bond acceptors (Lipinski definition) is 5. The Morgan fingerprint density at radius 2 is 2.20 bits per heavy atom. The molecule has 0 saturated heterocycles. The van der Waals surface area contributed by atoms with Crippen LogP contribution in [0.4, 0.5) is 5.69 Å². The summed E-state index contributed by atoms with van der Waals surface area (Å²) in [6, 6.07) is 1.28. The van der Waals surface area contributed by atoms with Gasteiger partial charge in [0.15, 0.2) is 5.69 Å². The van der Waals surface area contributed by atoms with E-state index in [2.05, 4.69) is 10.2 Å². The Kier molecular flexibility index (Phi) is 3.51. The maximum Gasteiger partial charge on any atom is 0.356 e. The SMILES string of the molecule is CCCc1nn(C)c(-n2ccc(C(=O)O)n2)c1[N+](=O)[O-]. The third-order valence-electron chi connectivity index (χ3n) is 2.76. The summed E-state index contributed by atoms with van der Waals surface area (Å²) in [5.74, 6) is -1.05. The van der Waals surface area contributed by atoms with Crippen molar-refractivity contribution in [1.29, 1.82) is 0 Å². The van der Waals surface area contributed by atoms with Crippen LogP contribution in [0.25, 0.3) is 5.82 Å². The summed E-state index contributed by atoms with van der Waals surface area (Å²) in [6.45, 7) is 1.90. The van der Waals surface area contributed by atoms with E-state index in [0.717, 1.165) is 11.1 Å². The van der Waals surface area contributed by atoms with Crippen LogP contribution in [0.3, 0.4) is 0 Å². The number of nitrogens with zero attached hydrogens (tertiary/aromatic N) is 5. The van der Waals surface area contributed by atoms with Crippen molar-refractivity contribution in [2.45, 2.75) is 19.8 Å². The summed E-state index contributed by atoms with van der Waals surface area (Å²) in [4.78, 5) is 21.5. The summed E-state index contributed by atoms with van der Waals surface area (Å²) in [7, 11) is 1.56. The highest BCUT2D eigenvalue weighted by Gasteiger charge is 2.28. The van der Waals surface area contributed by atoms with Gasteiger partial charge in [-0.1, -0.05) is 13.3 Å². The van der Waals surface area contributed by atoms with Crippen molar-refractivity contribution in [3.8, 4) is 5.82 Å². The number of carboxylic acid groups (broad SMARTS) is 1. The van der Waals surface area contributed by atoms with Crippen LogP contribution >= 0.6 is 0 Å². The summed E-state index contributed by atoms with van der Waals surface area (Å²) in [6.07, 6.45) is 2.55. The van der Waals surface area contributed by atoms with Crippen molar-refractivity contribution in [2.75, 3.05) is 0 Å². The maximum atomic E-state index is 11.2. The van der Waals surface area contributed by atoms with E-state index in [1.807, 2.05) is 6.92 Å². The number of aromatic nitrogens is 4. The van der Waals surface area contributed by atoms with E-state index in [9.17, 15) is 14.9 Å². The monoisotopic (exact) mass is 279 g/mol. The van der Waals surface area contributed by atoms with Crippen molar-refractivity contribution >= 4 is 11.7 Å². The molecule has 0 unspecified atom stereocenters. The number of aryl methyl sites for hydroxylation is 2. The number of aromatic carboxylic acids is 1. The molecule has 0 fully saturated rings. The van der Waals surface area contributed by atoms with Crippen LogP contribution in [-0.4, -0.2) is 35.6 Å². The molecule has 2 heterocycles. The number of nitro groups is 1. The molecule has 20 heavy (non-hydrogen) atoms. The molecule has 0 radical (unpaired) electrons. The molecule has 2 rings (SSSR count). The highest BCUT2D eigenvalue weighted by molar-refractivity contribution is 5.85. The molecule has 0 aliphatic rings. The fourth-order valence-corrected chi connectivity index (χ4v) is 1.96. The minimum absolute atomic E-state index is 0.144. The molecule has 9 nitrogen and oxygen atoms in total. The van der Waals surface area contributed by atoms with E-state index >= 15 is 0 Å². The van der Waals surface area contributed by atoms with E-state index in [0.29, 0.717) is 12.1 Å². The Bertz CT molecular complexity index is 672. The Labute approximate surface area is 113 Å². The Balaban J connectivity index is 2.59. The lowest BCUT2D eigenvalue weighted by molar-refractivity contribution is -0.385. The Morgan fingerprint density at radius 3 is 2.70 bits per heavy atom. The quantitative estimate of drug-likeness (QED) is 0.648. The molecule has 106 valence electrons. The number of carbonyl (C=O) groups is 1. The normalized spacial score (nSPS) is 10.7. The summed E-state index contributed by atoms with van der Waals surface area (Å²) in [5.41, 5.74) is 0.0364. The van der Waals surface area contributed by atoms with E-state index in [1.54, 1.807) is 7.05 Å². The zero-order valence-corrected chi connectivity index (χ0v) is 11.0. The third kappa shape index (κ3) is 2.25. The molecule has 0 spiro atoms. The van der Waals surface area contributed by atoms with Gasteiger partial charge >= 0.3 is 11.7 Å². The van der Waals surface area contributed by atoms with Crippen LogP contribution in [0.15, 0.2) is 12.3 Å². The standard InChI is InChI=1S/C11H13N5O4/c1-3-4-7-9(16(19)20)10(14(2)12-7)15-6-5-8(13-15)11(17)18/h5-6H,3-4H2,1-2H3,(H,17,18). The second-order valence-electron chi connectivity index (χ2n) is 4.20. The Hall–Kier alpha value is -2.71. The molecular formula is C11H13N5O4. The van der Waals surface area contributed by atoms with Gasteiger partial charge in [0.25, 0.3) is 0 Å². The van der Waals surface area contributed by atoms with Crippen LogP contribution in [0.2, 0.25) is 0 Å². The van der Waals surface area contributed by atoms with Gasteiger partial charge in [0.2, 0.25) is 5.82 Å². The van der Waals surface area contributed by atoms with Crippen molar-refractivity contribution in [2.24, 2.45) is 7.05 Å². The smallest absolute Gasteiger partial charge is 0.356 e. The molecule has 2 aromatic heterocycles. The molecule has 0 amide bonds. The minimum Gasteiger partial charge on any atom is -0.476 e. The molecule has 0 aliphatic heterocycles. The minimum atomic E-state index is -1.19. The first-order valence-electron chi connectivity index (χ1n) is 5.95. The number of rotatable bonds is 5. The topological polar surface area (TPSA) is 116 Å². The molecule has 1 N–H and O–H groups in total. The predicted octanol–water partition coefficient (Wildman–Crippen LogP) is 1.16. The third-order valence-corrected chi connectivity index (χ3v) is 2.76. The molecule has 0 saturated carbocycles. The van der Waals surface area contributed by atoms with E-state index in [1.165, 1.54) is 16.9 Å². The first-order valence-corrected chi connectivity index (χ1v) is 5.95. The lowest BCUT2D eigenvalue weighted by Crippen LogP contribution is -2.07. The molecule has 2 aromatic rings. The highest BCUT2D eigenvalue weighted by Crippen LogP contribution is 2.27. The van der Waals surface area contributed by atoms with Crippen LogP contribution in [0.5, 0.6) is 0 Å². The summed E-state index contributed by atoms with van der Waals surface area (Å²) in [5, 5.41) is 28.0. The van der Waals surface area contributed by atoms with Crippen LogP contribution in [0.1, 0.15) is 29.5 Å². The van der Waals surface area contributed by atoms with Gasteiger partial charge in [-0.2, -0.15) is 10.2 Å². The molecule has 0 atom stereocenters. The van der Waals surface area contributed by atoms with Gasteiger partial charge in [0.1, 0.15) is 5.69 Å². The zero-order chi connectivity index (χ0) is 14.9. The van der Waals surface area contributed by atoms with Gasteiger partial charge in [0.05, 0.1) is 4.92 Å². The fraction of sp³-hybridized carbons (Fsp3) is 0.364. The Morgan fingerprint density at radius 1 is 1.50 bits per heavy atom. The fourth-order valence-electron chi connectivity index (χ4n) is 1.96. The lowest BCUT2D eigenvalue weighted by atomic mass is 10.2. The zero-order valence-electron chi connectivity index (χ0n) is 11.0. The van der Waals surface area contributed by atoms with Crippen molar-refractivity contribution in [1.82, 2.24) is 19.6 Å². The average Bonchev–Trinajstić information content (AvgIpc) is 2.93. The molecule has 9 heteroatoms. The highest BCUT2D eigenvalue weighted by atomic mass is 16.6. The predicted molar refractivity (Wildman–Crippen MR) is 67.9 cm³/mol. The summed E-state index contributed by atoms with van der Waals surface area (Å²) >= 11 is 0. The van der Waals surface area contributed by atoms with Crippen molar-refractivity contribution in [3.05, 3.63) is 33.8 Å². The molecule has 0 bridgehead atoms. The van der Waals surface area contributed by atoms with Gasteiger partial charge in [-0.3, -0.25) is 10.1 Å². The molecule has 0 aliphatic carbocycles. The number of hydrogen-bond donors (Lipinski definition) is 1. The maximum absolute atomic E-state index is 11.2. The van der Waals surface area contributed by atoms with Gasteiger partial charge in [0, 0.05) is 13.2 Å². The molecular weight excluding hydrogens is 266 g/mol. The second-order valence-corrected chi connectivity index (χ2v) is 4.20. The number of carboxylic acids is 1. The summed E-state index contributed by atoms with van der Waals surface area (Å²) < 4.78 is 2.50. The average molecular weight is 279 g/mol. The van der Waals surface area contributed by atoms with Crippen LogP contribution in [-0.2, 0) is 13.5 Å². The van der Waals surface area contributed by atoms with Gasteiger partial charge in [-0.15, -0.1) is 0 Å². The second kappa shape index (κ2) is 5.11. The van der Waals surface area contributed by atoms with Crippen molar-refractivity contribution in [3.63, 3.8) is 0 Å². The first kappa shape index (κ1) is 13.7. The molecule has 0 aromatic carbocycles. The van der Waals surface area contributed by atoms with Crippen LogP contribution in [0, 0.1) is 10.1 Å². The van der Waals surface area contributed by atoms with Gasteiger partial charge in [-0.25, -0.2) is 14.2 Å². The van der Waals surface area contributed by atoms with E-state index in [4.69, 9.17) is 5.11 Å². The first-order chi connectivity index (χ1) is 9.45. The van der Waals surface area contributed by atoms with Gasteiger partial charge < -0.3 is 5.11 Å². The lowest BCUT2D eigenvalue weighted by Gasteiger charge is -2.00. The largest absolute Gasteiger partial charge is 0.476 e. The van der Waals surface area contributed by atoms with Gasteiger partial charge in [-0.05, 0) is 12.5 Å².